The molecular weight excluding hydrogens is 410 g/mol. The maximum atomic E-state index is 13.4. The Hall–Kier alpha value is -3.52. The Morgan fingerprint density at radius 1 is 1.28 bits per heavy atom. The van der Waals surface area contributed by atoms with E-state index >= 15 is 0 Å². The Morgan fingerprint density at radius 2 is 2.06 bits per heavy atom. The fourth-order valence-electron chi connectivity index (χ4n) is 4.91. The SMILES string of the molecule is CCc1c2c(nc3cccc(NC(C)=O)c13)-c1cc3c(c(=O)n1C2)COC(=O)[C@]3(O)CC. The van der Waals surface area contributed by atoms with E-state index in [9.17, 15) is 19.5 Å². The van der Waals surface area contributed by atoms with Crippen molar-refractivity contribution in [1.82, 2.24) is 9.55 Å². The first-order valence-corrected chi connectivity index (χ1v) is 10.7. The summed E-state index contributed by atoms with van der Waals surface area (Å²) in [4.78, 5) is 42.3. The van der Waals surface area contributed by atoms with Crippen molar-refractivity contribution in [3.05, 3.63) is 56.9 Å². The van der Waals surface area contributed by atoms with Gasteiger partial charge in [-0.1, -0.05) is 19.9 Å². The molecule has 0 unspecified atom stereocenters. The zero-order chi connectivity index (χ0) is 22.8. The normalized spacial score (nSPS) is 18.7. The molecule has 5 rings (SSSR count). The van der Waals surface area contributed by atoms with Crippen molar-refractivity contribution in [3.8, 4) is 11.4 Å². The van der Waals surface area contributed by atoms with E-state index in [0.29, 0.717) is 46.7 Å². The number of hydrogen-bond donors (Lipinski definition) is 2. The van der Waals surface area contributed by atoms with Crippen LogP contribution in [-0.2, 0) is 39.5 Å². The number of ether oxygens (including phenoxy) is 1. The second kappa shape index (κ2) is 7.00. The van der Waals surface area contributed by atoms with E-state index in [1.807, 2.05) is 25.1 Å². The number of hydrogen-bond acceptors (Lipinski definition) is 6. The molecular formula is C24H23N3O5. The van der Waals surface area contributed by atoms with Gasteiger partial charge in [-0.05, 0) is 36.6 Å². The van der Waals surface area contributed by atoms with Gasteiger partial charge in [0, 0.05) is 23.4 Å². The fraction of sp³-hybridized carbons (Fsp3) is 0.333. The Bertz CT molecular complexity index is 1390. The predicted molar refractivity (Wildman–Crippen MR) is 118 cm³/mol. The number of aryl methyl sites for hydroxylation is 1. The number of anilines is 1. The molecule has 0 fully saturated rings. The molecule has 32 heavy (non-hydrogen) atoms. The van der Waals surface area contributed by atoms with Crippen molar-refractivity contribution in [2.24, 2.45) is 0 Å². The van der Waals surface area contributed by atoms with Gasteiger partial charge < -0.3 is 19.7 Å². The second-order valence-corrected chi connectivity index (χ2v) is 8.26. The smallest absolute Gasteiger partial charge is 0.343 e. The number of pyridine rings is 2. The van der Waals surface area contributed by atoms with Gasteiger partial charge in [-0.15, -0.1) is 0 Å². The second-order valence-electron chi connectivity index (χ2n) is 8.26. The van der Waals surface area contributed by atoms with E-state index in [2.05, 4.69) is 5.32 Å². The maximum absolute atomic E-state index is 13.4. The Morgan fingerprint density at radius 3 is 2.75 bits per heavy atom. The molecule has 0 saturated carbocycles. The number of esters is 1. The summed E-state index contributed by atoms with van der Waals surface area (Å²) in [6.45, 7) is 5.34. The van der Waals surface area contributed by atoms with Gasteiger partial charge in [-0.25, -0.2) is 9.78 Å². The van der Waals surface area contributed by atoms with Gasteiger partial charge in [0.25, 0.3) is 5.56 Å². The first-order chi connectivity index (χ1) is 15.3. The van der Waals surface area contributed by atoms with Crippen molar-refractivity contribution in [1.29, 1.82) is 0 Å². The highest BCUT2D eigenvalue weighted by Gasteiger charge is 2.45. The number of aromatic nitrogens is 2. The summed E-state index contributed by atoms with van der Waals surface area (Å²) in [6, 6.07) is 7.25. The number of nitrogens with one attached hydrogen (secondary N) is 1. The number of carbonyl (C=O) groups excluding carboxylic acids is 2. The number of carbonyl (C=O) groups is 2. The average Bonchev–Trinajstić information content (AvgIpc) is 3.13. The van der Waals surface area contributed by atoms with Crippen molar-refractivity contribution >= 4 is 28.5 Å². The van der Waals surface area contributed by atoms with Crippen molar-refractivity contribution in [2.45, 2.75) is 52.4 Å². The first-order valence-electron chi connectivity index (χ1n) is 10.7. The zero-order valence-electron chi connectivity index (χ0n) is 18.1. The number of cyclic esters (lactones) is 1. The molecule has 2 aliphatic rings. The van der Waals surface area contributed by atoms with Crippen LogP contribution in [0.3, 0.4) is 0 Å². The van der Waals surface area contributed by atoms with Crippen molar-refractivity contribution in [2.75, 3.05) is 5.32 Å². The van der Waals surface area contributed by atoms with Crippen LogP contribution in [0.1, 0.15) is 49.4 Å². The number of nitrogens with zero attached hydrogens (tertiary/aromatic N) is 2. The van der Waals surface area contributed by atoms with Gasteiger partial charge in [-0.2, -0.15) is 0 Å². The lowest BCUT2D eigenvalue weighted by atomic mass is 9.86. The molecule has 0 bridgehead atoms. The average molecular weight is 433 g/mol. The van der Waals surface area contributed by atoms with E-state index in [1.165, 1.54) is 6.92 Å². The standard InChI is InChI=1S/C24H23N3O5/c1-4-13-14-10-27-19(9-16-15(22(27)29)11-32-23(30)24(16,31)5-2)21(14)26-18-8-6-7-17(20(13)18)25-12(3)28/h6-9,31H,4-5,10-11H2,1-3H3,(H,25,28)/t24-/m0/s1. The third-order valence-corrected chi connectivity index (χ3v) is 6.49. The summed E-state index contributed by atoms with van der Waals surface area (Å²) in [5.74, 6) is -0.911. The van der Waals surface area contributed by atoms with Gasteiger partial charge in [0.05, 0.1) is 34.7 Å². The molecule has 0 spiro atoms. The zero-order valence-corrected chi connectivity index (χ0v) is 18.1. The largest absolute Gasteiger partial charge is 0.458 e. The van der Waals surface area contributed by atoms with Crippen LogP contribution in [0.4, 0.5) is 5.69 Å². The lowest BCUT2D eigenvalue weighted by Gasteiger charge is -2.31. The maximum Gasteiger partial charge on any atom is 0.343 e. The minimum atomic E-state index is -1.85. The number of benzene rings is 1. The summed E-state index contributed by atoms with van der Waals surface area (Å²) in [5.41, 5.74) is 2.99. The molecule has 2 aliphatic heterocycles. The van der Waals surface area contributed by atoms with Crippen LogP contribution < -0.4 is 10.9 Å². The quantitative estimate of drug-likeness (QED) is 0.481. The van der Waals surface area contributed by atoms with Crippen LogP contribution in [-0.4, -0.2) is 26.5 Å². The predicted octanol–water partition coefficient (Wildman–Crippen LogP) is 2.60. The summed E-state index contributed by atoms with van der Waals surface area (Å²) < 4.78 is 6.76. The van der Waals surface area contributed by atoms with Crippen LogP contribution in [0, 0.1) is 0 Å². The van der Waals surface area contributed by atoms with Gasteiger partial charge >= 0.3 is 5.97 Å². The number of amides is 1. The molecule has 1 atom stereocenters. The summed E-state index contributed by atoms with van der Waals surface area (Å²) in [5, 5.41) is 14.8. The molecule has 1 amide bonds. The van der Waals surface area contributed by atoms with Crippen molar-refractivity contribution < 1.29 is 19.4 Å². The Balaban J connectivity index is 1.81. The summed E-state index contributed by atoms with van der Waals surface area (Å²) >= 11 is 0. The molecule has 0 aliphatic carbocycles. The number of fused-ring (bicyclic) bond motifs is 5. The third-order valence-electron chi connectivity index (χ3n) is 6.49. The molecule has 0 saturated heterocycles. The molecule has 2 aromatic heterocycles. The van der Waals surface area contributed by atoms with Gasteiger partial charge in [0.1, 0.15) is 6.61 Å². The fourth-order valence-corrected chi connectivity index (χ4v) is 4.91. The van der Waals surface area contributed by atoms with Gasteiger partial charge in [0.15, 0.2) is 5.60 Å². The van der Waals surface area contributed by atoms with Crippen LogP contribution in [0.2, 0.25) is 0 Å². The van der Waals surface area contributed by atoms with E-state index < -0.39 is 11.6 Å². The van der Waals surface area contributed by atoms with E-state index in [1.54, 1.807) is 17.6 Å². The first kappa shape index (κ1) is 20.4. The minimum Gasteiger partial charge on any atom is -0.458 e. The third kappa shape index (κ3) is 2.65. The molecule has 4 heterocycles. The molecule has 1 aromatic carbocycles. The topological polar surface area (TPSA) is 111 Å². The lowest BCUT2D eigenvalue weighted by Crippen LogP contribution is -2.44. The molecule has 3 aromatic rings. The number of rotatable bonds is 3. The molecule has 164 valence electrons. The Kier molecular flexibility index (Phi) is 4.46. The van der Waals surface area contributed by atoms with E-state index in [-0.39, 0.29) is 24.5 Å². The Labute approximate surface area is 183 Å². The number of aliphatic hydroxyl groups is 1. The highest BCUT2D eigenvalue weighted by atomic mass is 16.6. The van der Waals surface area contributed by atoms with Crippen LogP contribution in [0.15, 0.2) is 29.1 Å². The minimum absolute atomic E-state index is 0.0972. The molecule has 0 radical (unpaired) electrons. The van der Waals surface area contributed by atoms with E-state index in [4.69, 9.17) is 9.72 Å². The highest BCUT2D eigenvalue weighted by molar-refractivity contribution is 6.03. The van der Waals surface area contributed by atoms with Crippen LogP contribution >= 0.6 is 0 Å². The summed E-state index contributed by atoms with van der Waals surface area (Å²) in [7, 11) is 0. The van der Waals surface area contributed by atoms with Crippen molar-refractivity contribution in [3.63, 3.8) is 0 Å². The van der Waals surface area contributed by atoms with Crippen LogP contribution in [0.5, 0.6) is 0 Å². The lowest BCUT2D eigenvalue weighted by molar-refractivity contribution is -0.172. The highest BCUT2D eigenvalue weighted by Crippen LogP contribution is 2.41. The van der Waals surface area contributed by atoms with Gasteiger partial charge in [-0.3, -0.25) is 9.59 Å². The van der Waals surface area contributed by atoms with E-state index in [0.717, 1.165) is 16.5 Å². The van der Waals surface area contributed by atoms with Crippen LogP contribution in [0.25, 0.3) is 22.3 Å². The molecule has 8 heteroatoms. The molecule has 2 N–H and O–H groups in total. The monoisotopic (exact) mass is 433 g/mol. The molecule has 8 nitrogen and oxygen atoms in total. The van der Waals surface area contributed by atoms with Gasteiger partial charge in [0.2, 0.25) is 5.91 Å². The summed E-state index contributed by atoms with van der Waals surface area (Å²) in [6.07, 6.45) is 0.779.